The minimum Gasteiger partial charge on any atom is -0.496 e. The molecule has 136 valence electrons. The number of rotatable bonds is 7. The Morgan fingerprint density at radius 1 is 1.19 bits per heavy atom. The molecule has 0 saturated carbocycles. The Morgan fingerprint density at radius 3 is 2.62 bits per heavy atom. The van der Waals surface area contributed by atoms with Gasteiger partial charge < -0.3 is 14.8 Å². The zero-order valence-corrected chi connectivity index (χ0v) is 16.2. The molecule has 5 nitrogen and oxygen atoms in total. The molecule has 0 spiro atoms. The molecule has 0 aliphatic carbocycles. The normalized spacial score (nSPS) is 11.8. The highest BCUT2D eigenvalue weighted by molar-refractivity contribution is 9.10. The summed E-state index contributed by atoms with van der Waals surface area (Å²) in [5.74, 6) is -0.329. The van der Waals surface area contributed by atoms with Gasteiger partial charge in [-0.3, -0.25) is 4.79 Å². The second kappa shape index (κ2) is 9.77. The first kappa shape index (κ1) is 19.7. The molecule has 0 aromatic heterocycles. The Hall–Kier alpha value is -2.60. The van der Waals surface area contributed by atoms with Gasteiger partial charge in [-0.15, -0.1) is 0 Å². The van der Waals surface area contributed by atoms with E-state index in [1.165, 1.54) is 6.08 Å². The molecule has 1 amide bonds. The molecular formula is C20H20BrNO4. The highest BCUT2D eigenvalue weighted by atomic mass is 79.9. The van der Waals surface area contributed by atoms with Gasteiger partial charge in [-0.1, -0.05) is 46.3 Å². The molecule has 1 atom stereocenters. The fourth-order valence-corrected chi connectivity index (χ4v) is 2.67. The van der Waals surface area contributed by atoms with Crippen LogP contribution in [0, 0.1) is 0 Å². The van der Waals surface area contributed by atoms with Crippen LogP contribution in [0.4, 0.5) is 0 Å². The predicted molar refractivity (Wildman–Crippen MR) is 104 cm³/mol. The van der Waals surface area contributed by atoms with E-state index in [0.717, 1.165) is 15.6 Å². The summed E-state index contributed by atoms with van der Waals surface area (Å²) in [5.41, 5.74) is 1.70. The van der Waals surface area contributed by atoms with Gasteiger partial charge >= 0.3 is 5.97 Å². The molecule has 2 aromatic rings. The predicted octanol–water partition coefficient (Wildman–Crippen LogP) is 3.89. The molecule has 0 fully saturated rings. The lowest BCUT2D eigenvalue weighted by molar-refractivity contribution is -0.144. The van der Waals surface area contributed by atoms with E-state index < -0.39 is 5.97 Å². The van der Waals surface area contributed by atoms with Crippen molar-refractivity contribution in [1.29, 1.82) is 0 Å². The maximum Gasteiger partial charge on any atom is 0.331 e. The number of benzene rings is 2. The second-order valence-corrected chi connectivity index (χ2v) is 6.44. The van der Waals surface area contributed by atoms with Gasteiger partial charge in [0.05, 0.1) is 13.2 Å². The highest BCUT2D eigenvalue weighted by Gasteiger charge is 2.10. The number of hydrogen-bond donors (Lipinski definition) is 1. The molecule has 0 aliphatic rings. The SMILES string of the molecule is COc1ccc(Br)cc1/C=C/C(=O)OCC(=O)N[C@H](C)c1ccccc1. The largest absolute Gasteiger partial charge is 0.496 e. The maximum absolute atomic E-state index is 11.9. The van der Waals surface area contributed by atoms with Crippen LogP contribution in [0.3, 0.4) is 0 Å². The van der Waals surface area contributed by atoms with Gasteiger partial charge in [0.2, 0.25) is 0 Å². The van der Waals surface area contributed by atoms with Crippen LogP contribution in [-0.4, -0.2) is 25.6 Å². The lowest BCUT2D eigenvalue weighted by Crippen LogP contribution is -2.30. The summed E-state index contributed by atoms with van der Waals surface area (Å²) in [6, 6.07) is 14.8. The quantitative estimate of drug-likeness (QED) is 0.548. The van der Waals surface area contributed by atoms with E-state index in [2.05, 4.69) is 21.2 Å². The summed E-state index contributed by atoms with van der Waals surface area (Å²) in [4.78, 5) is 23.7. The van der Waals surface area contributed by atoms with Gasteiger partial charge in [0.15, 0.2) is 6.61 Å². The number of carbonyl (C=O) groups is 2. The van der Waals surface area contributed by atoms with Crippen molar-refractivity contribution in [2.24, 2.45) is 0 Å². The van der Waals surface area contributed by atoms with Crippen LogP contribution >= 0.6 is 15.9 Å². The number of esters is 1. The average molecular weight is 418 g/mol. The van der Waals surface area contributed by atoms with Crippen molar-refractivity contribution >= 4 is 33.9 Å². The van der Waals surface area contributed by atoms with Crippen molar-refractivity contribution < 1.29 is 19.1 Å². The van der Waals surface area contributed by atoms with Gasteiger partial charge in [0.1, 0.15) is 5.75 Å². The molecule has 0 aliphatic heterocycles. The van der Waals surface area contributed by atoms with Crippen molar-refractivity contribution in [3.05, 3.63) is 70.2 Å². The van der Waals surface area contributed by atoms with Crippen molar-refractivity contribution in [3.8, 4) is 5.75 Å². The minimum absolute atomic E-state index is 0.163. The Morgan fingerprint density at radius 2 is 1.92 bits per heavy atom. The fourth-order valence-electron chi connectivity index (χ4n) is 2.29. The smallest absolute Gasteiger partial charge is 0.331 e. The van der Waals surface area contributed by atoms with E-state index in [4.69, 9.17) is 9.47 Å². The third-order valence-corrected chi connectivity index (χ3v) is 4.11. The van der Waals surface area contributed by atoms with Crippen LogP contribution in [0.2, 0.25) is 0 Å². The van der Waals surface area contributed by atoms with Gasteiger partial charge in [0, 0.05) is 16.1 Å². The van der Waals surface area contributed by atoms with Crippen LogP contribution < -0.4 is 10.1 Å². The van der Waals surface area contributed by atoms with Crippen molar-refractivity contribution in [2.45, 2.75) is 13.0 Å². The molecule has 0 heterocycles. The van der Waals surface area contributed by atoms with E-state index >= 15 is 0 Å². The van der Waals surface area contributed by atoms with E-state index in [1.807, 2.05) is 49.4 Å². The maximum atomic E-state index is 11.9. The van der Waals surface area contributed by atoms with Gasteiger partial charge in [-0.05, 0) is 36.8 Å². The van der Waals surface area contributed by atoms with Crippen molar-refractivity contribution in [1.82, 2.24) is 5.32 Å². The topological polar surface area (TPSA) is 64.6 Å². The van der Waals surface area contributed by atoms with Crippen molar-refractivity contribution in [3.63, 3.8) is 0 Å². The monoisotopic (exact) mass is 417 g/mol. The summed E-state index contributed by atoms with van der Waals surface area (Å²) >= 11 is 3.37. The van der Waals surface area contributed by atoms with Crippen molar-refractivity contribution in [2.75, 3.05) is 13.7 Å². The Balaban J connectivity index is 1.85. The first-order valence-corrected chi connectivity index (χ1v) is 8.81. The van der Waals surface area contributed by atoms with Crippen LogP contribution in [0.5, 0.6) is 5.75 Å². The molecule has 26 heavy (non-hydrogen) atoms. The highest BCUT2D eigenvalue weighted by Crippen LogP contribution is 2.24. The van der Waals surface area contributed by atoms with Crippen LogP contribution in [-0.2, 0) is 14.3 Å². The van der Waals surface area contributed by atoms with E-state index in [9.17, 15) is 9.59 Å². The van der Waals surface area contributed by atoms with E-state index in [0.29, 0.717) is 5.75 Å². The Bertz CT molecular complexity index is 790. The summed E-state index contributed by atoms with van der Waals surface area (Å²) in [6.07, 6.45) is 2.84. The lowest BCUT2D eigenvalue weighted by Gasteiger charge is -2.14. The van der Waals surface area contributed by atoms with Crippen LogP contribution in [0.25, 0.3) is 6.08 Å². The number of amides is 1. The molecule has 1 N–H and O–H groups in total. The van der Waals surface area contributed by atoms with Gasteiger partial charge in [0.25, 0.3) is 5.91 Å². The molecule has 6 heteroatoms. The molecule has 0 unspecified atom stereocenters. The molecule has 0 radical (unpaired) electrons. The Labute approximate surface area is 161 Å². The lowest BCUT2D eigenvalue weighted by atomic mass is 10.1. The summed E-state index contributed by atoms with van der Waals surface area (Å²) < 4.78 is 11.1. The molecule has 2 aromatic carbocycles. The third kappa shape index (κ3) is 6.04. The second-order valence-electron chi connectivity index (χ2n) is 5.53. The molecule has 0 bridgehead atoms. The standard InChI is InChI=1S/C20H20BrNO4/c1-14(15-6-4-3-5-7-15)22-19(23)13-26-20(24)11-8-16-12-17(21)9-10-18(16)25-2/h3-12,14H,13H2,1-2H3,(H,22,23)/b11-8+/t14-/m1/s1. The first-order chi connectivity index (χ1) is 12.5. The van der Waals surface area contributed by atoms with E-state index in [-0.39, 0.29) is 18.6 Å². The minimum atomic E-state index is -0.602. The summed E-state index contributed by atoms with van der Waals surface area (Å²) in [6.45, 7) is 1.53. The van der Waals surface area contributed by atoms with Gasteiger partial charge in [-0.2, -0.15) is 0 Å². The Kier molecular flexibility index (Phi) is 7.41. The molecule has 2 rings (SSSR count). The third-order valence-electron chi connectivity index (χ3n) is 3.61. The summed E-state index contributed by atoms with van der Waals surface area (Å²) in [7, 11) is 1.55. The molecular weight excluding hydrogens is 398 g/mol. The number of hydrogen-bond acceptors (Lipinski definition) is 4. The zero-order chi connectivity index (χ0) is 18.9. The number of nitrogens with one attached hydrogen (secondary N) is 1. The number of methoxy groups -OCH3 is 1. The van der Waals surface area contributed by atoms with Crippen LogP contribution in [0.1, 0.15) is 24.1 Å². The average Bonchev–Trinajstić information content (AvgIpc) is 2.65. The number of carbonyl (C=O) groups excluding carboxylic acids is 2. The van der Waals surface area contributed by atoms with Gasteiger partial charge in [-0.25, -0.2) is 4.79 Å². The molecule has 0 saturated heterocycles. The number of ether oxygens (including phenoxy) is 2. The summed E-state index contributed by atoms with van der Waals surface area (Å²) in [5, 5.41) is 2.78. The first-order valence-electron chi connectivity index (χ1n) is 8.02. The van der Waals surface area contributed by atoms with E-state index in [1.54, 1.807) is 19.3 Å². The fraction of sp³-hybridized carbons (Fsp3) is 0.200. The zero-order valence-electron chi connectivity index (χ0n) is 14.6. The number of halogens is 1. The van der Waals surface area contributed by atoms with Crippen LogP contribution in [0.15, 0.2) is 59.1 Å².